The first kappa shape index (κ1) is 24.3. The van der Waals surface area contributed by atoms with E-state index in [1.165, 1.54) is 17.0 Å². The summed E-state index contributed by atoms with van der Waals surface area (Å²) < 4.78 is 53.3. The molecule has 2 aliphatic heterocycles. The number of nitrogens with zero attached hydrogens (tertiary/aromatic N) is 1. The summed E-state index contributed by atoms with van der Waals surface area (Å²) in [4.78, 5) is 15.4. The maximum absolute atomic E-state index is 13.9. The predicted molar refractivity (Wildman–Crippen MR) is 130 cm³/mol. The lowest BCUT2D eigenvalue weighted by Gasteiger charge is -2.36. The van der Waals surface area contributed by atoms with Crippen LogP contribution in [0.25, 0.3) is 0 Å². The van der Waals surface area contributed by atoms with Gasteiger partial charge >= 0.3 is 6.18 Å². The molecule has 0 N–H and O–H groups in total. The van der Waals surface area contributed by atoms with Crippen molar-refractivity contribution in [3.63, 3.8) is 0 Å². The maximum atomic E-state index is 13.9. The zero-order valence-electron chi connectivity index (χ0n) is 19.8. The molecule has 0 bridgehead atoms. The summed E-state index contributed by atoms with van der Waals surface area (Å²) in [6.45, 7) is 2.40. The summed E-state index contributed by atoms with van der Waals surface area (Å²) in [7, 11) is 0. The summed E-state index contributed by atoms with van der Waals surface area (Å²) >= 11 is 0. The highest BCUT2D eigenvalue weighted by molar-refractivity contribution is 6.07. The second-order valence-corrected chi connectivity index (χ2v) is 9.24. The van der Waals surface area contributed by atoms with E-state index < -0.39 is 23.4 Å². The van der Waals surface area contributed by atoms with Gasteiger partial charge in [-0.2, -0.15) is 13.2 Å². The molecule has 0 saturated carbocycles. The zero-order valence-corrected chi connectivity index (χ0v) is 19.8. The van der Waals surface area contributed by atoms with E-state index in [0.717, 1.165) is 17.2 Å². The topological polar surface area (TPSA) is 38.8 Å². The Balaban J connectivity index is 1.42. The standard InChI is InChI=1S/C29H26F3NO3/c1-20-15-23(19-35-18-21-9-3-2-4-10-21)36-28(16-20)25-13-7-8-14-26(25)33(27(28)34)17-22-11-5-6-12-24(22)29(30,31)32/h2-15,23H,16-19H2,1H3/t23-,28+/m0/s1. The van der Waals surface area contributed by atoms with Crippen LogP contribution in [0.3, 0.4) is 0 Å². The average Bonchev–Trinajstić information content (AvgIpc) is 3.06. The van der Waals surface area contributed by atoms with Crippen molar-refractivity contribution in [1.82, 2.24) is 0 Å². The van der Waals surface area contributed by atoms with Gasteiger partial charge in [0, 0.05) is 12.0 Å². The van der Waals surface area contributed by atoms with Crippen LogP contribution in [0.5, 0.6) is 0 Å². The molecule has 0 fully saturated rings. The van der Waals surface area contributed by atoms with Crippen LogP contribution in [-0.2, 0) is 39.2 Å². The molecule has 0 unspecified atom stereocenters. The first-order valence-electron chi connectivity index (χ1n) is 11.8. The molecule has 0 aliphatic carbocycles. The lowest BCUT2D eigenvalue weighted by atomic mass is 9.85. The zero-order chi connectivity index (χ0) is 25.3. The van der Waals surface area contributed by atoms with E-state index in [-0.39, 0.29) is 24.6 Å². The lowest BCUT2D eigenvalue weighted by Crippen LogP contribution is -2.47. The van der Waals surface area contributed by atoms with Gasteiger partial charge in [-0.25, -0.2) is 0 Å². The van der Waals surface area contributed by atoms with E-state index in [1.807, 2.05) is 55.5 Å². The largest absolute Gasteiger partial charge is 0.416 e. The highest BCUT2D eigenvalue weighted by Gasteiger charge is 2.54. The third kappa shape index (κ3) is 4.56. The summed E-state index contributed by atoms with van der Waals surface area (Å²) in [6, 6.07) is 22.3. The molecule has 36 heavy (non-hydrogen) atoms. The number of hydrogen-bond acceptors (Lipinski definition) is 3. The predicted octanol–water partition coefficient (Wildman–Crippen LogP) is 6.40. The smallest absolute Gasteiger partial charge is 0.374 e. The van der Waals surface area contributed by atoms with E-state index in [9.17, 15) is 18.0 Å². The molecule has 2 heterocycles. The minimum atomic E-state index is -4.52. The fourth-order valence-corrected chi connectivity index (χ4v) is 5.09. The molecule has 7 heteroatoms. The minimum Gasteiger partial charge on any atom is -0.374 e. The second kappa shape index (κ2) is 9.56. The van der Waals surface area contributed by atoms with E-state index in [1.54, 1.807) is 18.2 Å². The molecule has 4 nitrogen and oxygen atoms in total. The average molecular weight is 494 g/mol. The Morgan fingerprint density at radius 1 is 1.00 bits per heavy atom. The molecule has 0 radical (unpaired) electrons. The quantitative estimate of drug-likeness (QED) is 0.373. The Labute approximate surface area is 208 Å². The fraction of sp³-hybridized carbons (Fsp3) is 0.276. The monoisotopic (exact) mass is 493 g/mol. The molecule has 0 saturated heterocycles. The third-order valence-electron chi connectivity index (χ3n) is 6.62. The van der Waals surface area contributed by atoms with Gasteiger partial charge in [-0.3, -0.25) is 4.79 Å². The van der Waals surface area contributed by atoms with Gasteiger partial charge in [0.25, 0.3) is 5.91 Å². The summed E-state index contributed by atoms with van der Waals surface area (Å²) in [5, 5.41) is 0. The Hall–Kier alpha value is -3.42. The molecule has 2 atom stereocenters. The van der Waals surface area contributed by atoms with Crippen molar-refractivity contribution in [1.29, 1.82) is 0 Å². The fourth-order valence-electron chi connectivity index (χ4n) is 5.09. The number of anilines is 1. The van der Waals surface area contributed by atoms with Crippen molar-refractivity contribution >= 4 is 11.6 Å². The Morgan fingerprint density at radius 2 is 1.69 bits per heavy atom. The van der Waals surface area contributed by atoms with E-state index in [4.69, 9.17) is 9.47 Å². The molecular weight excluding hydrogens is 467 g/mol. The summed E-state index contributed by atoms with van der Waals surface area (Å²) in [5.41, 5.74) is 1.22. The molecule has 186 valence electrons. The number of para-hydroxylation sites is 1. The van der Waals surface area contributed by atoms with Crippen molar-refractivity contribution in [3.8, 4) is 0 Å². The van der Waals surface area contributed by atoms with Gasteiger partial charge in [-0.15, -0.1) is 0 Å². The van der Waals surface area contributed by atoms with E-state index in [0.29, 0.717) is 24.3 Å². The number of hydrogen-bond donors (Lipinski definition) is 0. The van der Waals surface area contributed by atoms with Gasteiger partial charge in [-0.05, 0) is 30.2 Å². The molecule has 3 aromatic carbocycles. The first-order valence-corrected chi connectivity index (χ1v) is 11.8. The lowest BCUT2D eigenvalue weighted by molar-refractivity contribution is -0.156. The van der Waals surface area contributed by atoms with E-state index in [2.05, 4.69) is 0 Å². The van der Waals surface area contributed by atoms with Crippen molar-refractivity contribution in [2.24, 2.45) is 0 Å². The van der Waals surface area contributed by atoms with Crippen molar-refractivity contribution < 1.29 is 27.4 Å². The summed E-state index contributed by atoms with van der Waals surface area (Å²) in [6.07, 6.45) is -2.70. The highest BCUT2D eigenvalue weighted by atomic mass is 19.4. The number of halogens is 3. The highest BCUT2D eigenvalue weighted by Crippen LogP contribution is 2.49. The Kier molecular flexibility index (Phi) is 6.45. The number of rotatable bonds is 6. The minimum absolute atomic E-state index is 0.0380. The Bertz CT molecular complexity index is 1290. The van der Waals surface area contributed by atoms with Crippen LogP contribution >= 0.6 is 0 Å². The van der Waals surface area contributed by atoms with Crippen molar-refractivity contribution in [3.05, 3.63) is 113 Å². The van der Waals surface area contributed by atoms with Gasteiger partial charge in [-0.1, -0.05) is 78.4 Å². The number of fused-ring (bicyclic) bond motifs is 2. The molecule has 5 rings (SSSR count). The van der Waals surface area contributed by atoms with Crippen LogP contribution in [0.1, 0.15) is 35.6 Å². The van der Waals surface area contributed by atoms with Crippen LogP contribution in [0.4, 0.5) is 18.9 Å². The first-order chi connectivity index (χ1) is 17.3. The maximum Gasteiger partial charge on any atom is 0.416 e. The Morgan fingerprint density at radius 3 is 2.47 bits per heavy atom. The number of carbonyl (C=O) groups excluding carboxylic acids is 1. The number of benzene rings is 3. The molecule has 3 aromatic rings. The van der Waals surface area contributed by atoms with Crippen LogP contribution < -0.4 is 4.90 Å². The normalized spacial score (nSPS) is 21.6. The molecule has 1 amide bonds. The SMILES string of the molecule is CC1=C[C@@H](COCc2ccccc2)O[C@@]2(C1)C(=O)N(Cc1ccccc1C(F)(F)F)c1ccccc12. The number of amides is 1. The van der Waals surface area contributed by atoms with Crippen LogP contribution in [0.2, 0.25) is 0 Å². The van der Waals surface area contributed by atoms with Crippen molar-refractivity contribution in [2.45, 2.75) is 44.4 Å². The number of ether oxygens (including phenoxy) is 2. The van der Waals surface area contributed by atoms with Gasteiger partial charge < -0.3 is 14.4 Å². The van der Waals surface area contributed by atoms with Crippen molar-refractivity contribution in [2.75, 3.05) is 11.5 Å². The van der Waals surface area contributed by atoms with Crippen LogP contribution in [-0.4, -0.2) is 18.6 Å². The molecular formula is C29H26F3NO3. The van der Waals surface area contributed by atoms with Gasteiger partial charge in [0.1, 0.15) is 6.10 Å². The molecule has 1 spiro atoms. The number of carbonyl (C=O) groups is 1. The summed E-state index contributed by atoms with van der Waals surface area (Å²) in [5.74, 6) is -0.360. The molecule has 0 aromatic heterocycles. The van der Waals surface area contributed by atoms with Gasteiger partial charge in [0.05, 0.1) is 31.0 Å². The van der Waals surface area contributed by atoms with Crippen LogP contribution in [0, 0.1) is 0 Å². The van der Waals surface area contributed by atoms with E-state index >= 15 is 0 Å². The van der Waals surface area contributed by atoms with Crippen LogP contribution in [0.15, 0.2) is 90.5 Å². The second-order valence-electron chi connectivity index (χ2n) is 9.24. The number of alkyl halides is 3. The molecule has 2 aliphatic rings. The van der Waals surface area contributed by atoms with Gasteiger partial charge in [0.2, 0.25) is 0 Å². The van der Waals surface area contributed by atoms with Gasteiger partial charge in [0.15, 0.2) is 5.60 Å². The third-order valence-corrected chi connectivity index (χ3v) is 6.62.